The smallest absolute Gasteiger partial charge is 0.260 e. The fraction of sp³-hybridized carbons (Fsp3) is 0.458. The van der Waals surface area contributed by atoms with Crippen molar-refractivity contribution in [3.8, 4) is 5.75 Å². The summed E-state index contributed by atoms with van der Waals surface area (Å²) in [5.41, 5.74) is 3.63. The molecule has 1 fully saturated rings. The highest BCUT2D eigenvalue weighted by Gasteiger charge is 2.29. The minimum atomic E-state index is -3.59. The maximum Gasteiger partial charge on any atom is 0.260 e. The molecule has 1 aliphatic heterocycles. The molecule has 0 bridgehead atoms. The molecule has 0 spiro atoms. The Balaban J connectivity index is 1.63. The highest BCUT2D eigenvalue weighted by Crippen LogP contribution is 2.26. The van der Waals surface area contributed by atoms with Crippen LogP contribution in [0.5, 0.6) is 5.75 Å². The van der Waals surface area contributed by atoms with Crippen LogP contribution >= 0.6 is 0 Å². The van der Waals surface area contributed by atoms with Crippen molar-refractivity contribution in [1.82, 2.24) is 9.62 Å². The molecule has 0 radical (unpaired) electrons. The molecule has 2 aromatic carbocycles. The summed E-state index contributed by atoms with van der Waals surface area (Å²) in [5.74, 6) is 0.244. The van der Waals surface area contributed by atoms with Gasteiger partial charge in [-0.1, -0.05) is 12.1 Å². The van der Waals surface area contributed by atoms with Crippen LogP contribution in [0, 0.1) is 13.8 Å². The summed E-state index contributed by atoms with van der Waals surface area (Å²) in [6.07, 6.45) is -0.669. The van der Waals surface area contributed by atoms with Gasteiger partial charge in [0.2, 0.25) is 10.0 Å². The molecule has 0 aromatic heterocycles. The number of carbonyl (C=O) groups excluding carboxylic acids is 1. The Labute approximate surface area is 191 Å². The van der Waals surface area contributed by atoms with Gasteiger partial charge in [0.05, 0.1) is 4.90 Å². The monoisotopic (exact) mass is 459 g/mol. The topological polar surface area (TPSA) is 79.0 Å². The summed E-state index contributed by atoms with van der Waals surface area (Å²) in [5, 5.41) is 2.79. The van der Waals surface area contributed by atoms with E-state index in [-0.39, 0.29) is 16.8 Å². The molecule has 8 heteroatoms. The lowest BCUT2D eigenvalue weighted by molar-refractivity contribution is -0.127. The van der Waals surface area contributed by atoms with E-state index in [1.807, 2.05) is 19.9 Å². The molecule has 1 atom stereocenters. The van der Waals surface area contributed by atoms with Gasteiger partial charge in [0.25, 0.3) is 5.91 Å². The van der Waals surface area contributed by atoms with E-state index in [4.69, 9.17) is 4.74 Å². The Bertz CT molecular complexity index is 1040. The van der Waals surface area contributed by atoms with Gasteiger partial charge in [0.15, 0.2) is 6.10 Å². The molecule has 1 heterocycles. The molecule has 7 nitrogen and oxygen atoms in total. The number of hydrogen-bond donors (Lipinski definition) is 1. The van der Waals surface area contributed by atoms with Gasteiger partial charge in [0, 0.05) is 37.9 Å². The maximum absolute atomic E-state index is 13.1. The lowest BCUT2D eigenvalue weighted by atomic mass is 10.1. The van der Waals surface area contributed by atoms with Gasteiger partial charge in [-0.3, -0.25) is 4.79 Å². The van der Waals surface area contributed by atoms with Crippen molar-refractivity contribution in [3.63, 3.8) is 0 Å². The van der Waals surface area contributed by atoms with Crippen LogP contribution < -0.4 is 15.0 Å². The first-order valence-electron chi connectivity index (χ1n) is 11.0. The lowest BCUT2D eigenvalue weighted by Crippen LogP contribution is -2.48. The molecule has 3 rings (SSSR count). The van der Waals surface area contributed by atoms with Gasteiger partial charge in [-0.2, -0.15) is 4.31 Å². The summed E-state index contributed by atoms with van der Waals surface area (Å²) in [4.78, 5) is 14.5. The van der Waals surface area contributed by atoms with Crippen LogP contribution in [0.15, 0.2) is 47.4 Å². The van der Waals surface area contributed by atoms with Crippen LogP contribution in [-0.4, -0.2) is 57.0 Å². The van der Waals surface area contributed by atoms with E-state index >= 15 is 0 Å². The second-order valence-electron chi connectivity index (χ2n) is 8.50. The van der Waals surface area contributed by atoms with Crippen molar-refractivity contribution >= 4 is 21.6 Å². The van der Waals surface area contributed by atoms with Crippen LogP contribution in [0.3, 0.4) is 0 Å². The molecule has 0 unspecified atom stereocenters. The molecule has 2 aromatic rings. The maximum atomic E-state index is 13.1. The molecule has 1 saturated heterocycles. The van der Waals surface area contributed by atoms with Gasteiger partial charge >= 0.3 is 0 Å². The highest BCUT2D eigenvalue weighted by atomic mass is 32.2. The summed E-state index contributed by atoms with van der Waals surface area (Å²) >= 11 is 0. The number of anilines is 1. The molecule has 1 aliphatic rings. The number of nitrogens with zero attached hydrogens (tertiary/aromatic N) is 2. The normalized spacial score (nSPS) is 16.1. The van der Waals surface area contributed by atoms with Crippen molar-refractivity contribution in [1.29, 1.82) is 0 Å². The van der Waals surface area contributed by atoms with E-state index in [0.717, 1.165) is 0 Å². The van der Waals surface area contributed by atoms with Crippen LogP contribution in [0.2, 0.25) is 0 Å². The molecule has 174 valence electrons. The zero-order chi connectivity index (χ0) is 23.5. The third-order valence-electron chi connectivity index (χ3n) is 5.73. The van der Waals surface area contributed by atoms with Crippen molar-refractivity contribution in [2.45, 2.75) is 51.7 Å². The van der Waals surface area contributed by atoms with Crippen molar-refractivity contribution < 1.29 is 17.9 Å². The summed E-state index contributed by atoms with van der Waals surface area (Å²) in [6, 6.07) is 12.5. The van der Waals surface area contributed by atoms with Crippen LogP contribution in [0.25, 0.3) is 0 Å². The number of hydrogen-bond acceptors (Lipinski definition) is 5. The van der Waals surface area contributed by atoms with Crippen molar-refractivity contribution in [2.24, 2.45) is 0 Å². The molecule has 0 saturated carbocycles. The standard InChI is InChI=1S/C24H33N3O4S/c1-17(2)25-24(28)20(5)31-21-9-11-22(12-10-21)32(29,30)27-15-13-26(14-16-27)23-8-6-7-18(3)19(23)4/h6-12,17,20H,13-16H2,1-5H3,(H,25,28)/t20-/m0/s1. The second-order valence-corrected chi connectivity index (χ2v) is 10.4. The second kappa shape index (κ2) is 9.92. The van der Waals surface area contributed by atoms with Crippen LogP contribution in [0.4, 0.5) is 5.69 Å². The highest BCUT2D eigenvalue weighted by molar-refractivity contribution is 7.89. The van der Waals surface area contributed by atoms with Crippen LogP contribution in [0.1, 0.15) is 31.9 Å². The quantitative estimate of drug-likeness (QED) is 0.688. The summed E-state index contributed by atoms with van der Waals surface area (Å²) < 4.78 is 33.4. The Morgan fingerprint density at radius 3 is 2.19 bits per heavy atom. The molecule has 1 amide bonds. The van der Waals surface area contributed by atoms with Crippen LogP contribution in [-0.2, 0) is 14.8 Å². The number of rotatable bonds is 7. The summed E-state index contributed by atoms with van der Waals surface area (Å²) in [7, 11) is -3.59. The third kappa shape index (κ3) is 5.42. The van der Waals surface area contributed by atoms with Gasteiger partial charge in [-0.05, 0) is 76.1 Å². The number of ether oxygens (including phenoxy) is 1. The fourth-order valence-electron chi connectivity index (χ4n) is 3.75. The average molecular weight is 460 g/mol. The molecular weight excluding hydrogens is 426 g/mol. The number of amides is 1. The lowest BCUT2D eigenvalue weighted by Gasteiger charge is -2.36. The first-order chi connectivity index (χ1) is 15.1. The minimum Gasteiger partial charge on any atom is -0.481 e. The number of carbonyl (C=O) groups is 1. The van der Waals surface area contributed by atoms with Crippen molar-refractivity contribution in [3.05, 3.63) is 53.6 Å². The predicted octanol–water partition coefficient (Wildman–Crippen LogP) is 3.11. The number of nitrogens with one attached hydrogen (secondary N) is 1. The van der Waals surface area contributed by atoms with Gasteiger partial charge in [-0.25, -0.2) is 8.42 Å². The predicted molar refractivity (Wildman–Crippen MR) is 127 cm³/mol. The van der Waals surface area contributed by atoms with E-state index in [1.54, 1.807) is 19.1 Å². The van der Waals surface area contributed by atoms with Gasteiger partial charge in [0.1, 0.15) is 5.75 Å². The molecular formula is C24H33N3O4S. The third-order valence-corrected chi connectivity index (χ3v) is 7.64. The number of benzene rings is 2. The number of piperazine rings is 1. The van der Waals surface area contributed by atoms with E-state index in [1.165, 1.54) is 33.3 Å². The van der Waals surface area contributed by atoms with E-state index in [0.29, 0.717) is 31.9 Å². The largest absolute Gasteiger partial charge is 0.481 e. The Hall–Kier alpha value is -2.58. The Kier molecular flexibility index (Phi) is 7.46. The first kappa shape index (κ1) is 24.1. The molecule has 32 heavy (non-hydrogen) atoms. The fourth-order valence-corrected chi connectivity index (χ4v) is 5.17. The van der Waals surface area contributed by atoms with E-state index < -0.39 is 16.1 Å². The van der Waals surface area contributed by atoms with Gasteiger partial charge in [-0.15, -0.1) is 0 Å². The Morgan fingerprint density at radius 2 is 1.59 bits per heavy atom. The first-order valence-corrected chi connectivity index (χ1v) is 12.4. The zero-order valence-corrected chi connectivity index (χ0v) is 20.3. The summed E-state index contributed by atoms with van der Waals surface area (Å²) in [6.45, 7) is 11.8. The van der Waals surface area contributed by atoms with E-state index in [9.17, 15) is 13.2 Å². The van der Waals surface area contributed by atoms with Gasteiger partial charge < -0.3 is 15.0 Å². The number of aryl methyl sites for hydroxylation is 1. The zero-order valence-electron chi connectivity index (χ0n) is 19.5. The Morgan fingerprint density at radius 1 is 0.969 bits per heavy atom. The van der Waals surface area contributed by atoms with Crippen molar-refractivity contribution in [2.75, 3.05) is 31.1 Å². The molecule has 0 aliphatic carbocycles. The average Bonchev–Trinajstić information content (AvgIpc) is 2.75. The SMILES string of the molecule is Cc1cccc(N2CCN(S(=O)(=O)c3ccc(O[C@@H](C)C(=O)NC(C)C)cc3)CC2)c1C. The number of sulfonamides is 1. The van der Waals surface area contributed by atoms with E-state index in [2.05, 4.69) is 36.2 Å². The molecule has 1 N–H and O–H groups in total. The minimum absolute atomic E-state index is 0.0244.